The first kappa shape index (κ1) is 15.9. The quantitative estimate of drug-likeness (QED) is 0.392. The van der Waals surface area contributed by atoms with Gasteiger partial charge in [0.1, 0.15) is 11.4 Å². The molecule has 4 aromatic rings. The summed E-state index contributed by atoms with van der Waals surface area (Å²) in [7, 11) is 1.93. The molecule has 0 saturated carbocycles. The third kappa shape index (κ3) is 2.79. The van der Waals surface area contributed by atoms with Crippen LogP contribution in [0.25, 0.3) is 22.3 Å². The zero-order chi connectivity index (χ0) is 18.1. The number of para-hydroxylation sites is 1. The Morgan fingerprint density at radius 3 is 2.92 bits per heavy atom. The van der Waals surface area contributed by atoms with Crippen LogP contribution < -0.4 is 5.43 Å². The van der Waals surface area contributed by atoms with E-state index in [0.717, 1.165) is 27.9 Å². The van der Waals surface area contributed by atoms with Crippen LogP contribution in [0.3, 0.4) is 0 Å². The Bertz CT molecular complexity index is 1110. The standard InChI is InChI=1S/C19H18N6O/c1-12-14(13-6-3-4-7-15(13)21-12)11-20-24-19(26)17-10-16(22-23-17)18-8-5-9-25(18)2/h3-11,21H,1-2H3,(H,22,23)(H,24,26). The molecule has 3 aromatic heterocycles. The lowest BCUT2D eigenvalue weighted by atomic mass is 10.1. The van der Waals surface area contributed by atoms with Gasteiger partial charge in [-0.05, 0) is 31.2 Å². The highest BCUT2D eigenvalue weighted by Gasteiger charge is 2.12. The van der Waals surface area contributed by atoms with E-state index in [1.165, 1.54) is 0 Å². The second kappa shape index (κ2) is 6.36. The maximum absolute atomic E-state index is 12.3. The highest BCUT2D eigenvalue weighted by Crippen LogP contribution is 2.20. The van der Waals surface area contributed by atoms with Crippen molar-refractivity contribution in [3.63, 3.8) is 0 Å². The van der Waals surface area contributed by atoms with Gasteiger partial charge >= 0.3 is 0 Å². The molecule has 0 bridgehead atoms. The summed E-state index contributed by atoms with van der Waals surface area (Å²) in [6.45, 7) is 1.98. The van der Waals surface area contributed by atoms with Gasteiger partial charge in [0.25, 0.3) is 5.91 Å². The van der Waals surface area contributed by atoms with Crippen molar-refractivity contribution in [2.75, 3.05) is 0 Å². The highest BCUT2D eigenvalue weighted by molar-refractivity contribution is 6.01. The topological polar surface area (TPSA) is 90.9 Å². The van der Waals surface area contributed by atoms with Gasteiger partial charge in [-0.2, -0.15) is 10.2 Å². The van der Waals surface area contributed by atoms with E-state index in [0.29, 0.717) is 11.4 Å². The number of hydrazone groups is 1. The first-order valence-electron chi connectivity index (χ1n) is 8.21. The Morgan fingerprint density at radius 1 is 1.27 bits per heavy atom. The number of fused-ring (bicyclic) bond motifs is 1. The SMILES string of the molecule is Cc1[nH]c2ccccc2c1C=NNC(=O)c1cc(-c2cccn2C)n[nH]1. The number of aryl methyl sites for hydroxylation is 2. The molecule has 3 heterocycles. The van der Waals surface area contributed by atoms with Gasteiger partial charge in [0.2, 0.25) is 0 Å². The number of hydrogen-bond donors (Lipinski definition) is 3. The Labute approximate surface area is 149 Å². The smallest absolute Gasteiger partial charge is 0.289 e. The number of benzene rings is 1. The lowest BCUT2D eigenvalue weighted by molar-refractivity contribution is 0.0950. The van der Waals surface area contributed by atoms with Crippen molar-refractivity contribution in [3.05, 3.63) is 65.6 Å². The van der Waals surface area contributed by atoms with Crippen LogP contribution in [0.1, 0.15) is 21.7 Å². The molecule has 1 amide bonds. The lowest BCUT2D eigenvalue weighted by Gasteiger charge is -1.97. The van der Waals surface area contributed by atoms with Crippen molar-refractivity contribution in [3.8, 4) is 11.4 Å². The van der Waals surface area contributed by atoms with Crippen LogP contribution in [0.15, 0.2) is 53.8 Å². The summed E-state index contributed by atoms with van der Waals surface area (Å²) in [4.78, 5) is 15.6. The van der Waals surface area contributed by atoms with E-state index in [2.05, 4.69) is 25.7 Å². The number of amides is 1. The van der Waals surface area contributed by atoms with Gasteiger partial charge in [-0.15, -0.1) is 0 Å². The molecular weight excluding hydrogens is 328 g/mol. The molecule has 130 valence electrons. The van der Waals surface area contributed by atoms with Gasteiger partial charge in [-0.25, -0.2) is 5.43 Å². The molecule has 1 aromatic carbocycles. The molecule has 0 unspecified atom stereocenters. The van der Waals surface area contributed by atoms with Crippen LogP contribution in [0.5, 0.6) is 0 Å². The minimum atomic E-state index is -0.341. The number of nitrogens with one attached hydrogen (secondary N) is 3. The van der Waals surface area contributed by atoms with Gasteiger partial charge in [0.15, 0.2) is 0 Å². The molecule has 0 atom stereocenters. The Balaban J connectivity index is 1.50. The fourth-order valence-corrected chi connectivity index (χ4v) is 2.98. The van der Waals surface area contributed by atoms with Crippen LogP contribution in [-0.4, -0.2) is 31.9 Å². The average Bonchev–Trinajstić information content (AvgIpc) is 3.34. The molecule has 7 heteroatoms. The van der Waals surface area contributed by atoms with E-state index < -0.39 is 0 Å². The summed E-state index contributed by atoms with van der Waals surface area (Å²) in [6, 6.07) is 13.5. The van der Waals surface area contributed by atoms with E-state index in [9.17, 15) is 4.79 Å². The highest BCUT2D eigenvalue weighted by atomic mass is 16.2. The number of rotatable bonds is 4. The molecular formula is C19H18N6O. The minimum Gasteiger partial charge on any atom is -0.358 e. The van der Waals surface area contributed by atoms with E-state index in [1.54, 1.807) is 12.3 Å². The predicted molar refractivity (Wildman–Crippen MR) is 101 cm³/mol. The van der Waals surface area contributed by atoms with E-state index in [4.69, 9.17) is 0 Å². The average molecular weight is 346 g/mol. The second-order valence-electron chi connectivity index (χ2n) is 6.08. The van der Waals surface area contributed by atoms with Gasteiger partial charge in [-0.1, -0.05) is 18.2 Å². The first-order valence-corrected chi connectivity index (χ1v) is 8.21. The number of carbonyl (C=O) groups is 1. The van der Waals surface area contributed by atoms with E-state index in [-0.39, 0.29) is 5.91 Å². The third-order valence-electron chi connectivity index (χ3n) is 4.33. The number of aromatic nitrogens is 4. The van der Waals surface area contributed by atoms with Crippen LogP contribution in [0, 0.1) is 6.92 Å². The van der Waals surface area contributed by atoms with Crippen molar-refractivity contribution in [2.24, 2.45) is 12.1 Å². The lowest BCUT2D eigenvalue weighted by Crippen LogP contribution is -2.18. The Kier molecular flexibility index (Phi) is 3.89. The van der Waals surface area contributed by atoms with Gasteiger partial charge < -0.3 is 9.55 Å². The summed E-state index contributed by atoms with van der Waals surface area (Å²) in [6.07, 6.45) is 3.58. The zero-order valence-corrected chi connectivity index (χ0v) is 14.4. The molecule has 0 saturated heterocycles. The normalized spacial score (nSPS) is 11.5. The summed E-state index contributed by atoms with van der Waals surface area (Å²) < 4.78 is 1.94. The number of aromatic amines is 2. The van der Waals surface area contributed by atoms with Crippen molar-refractivity contribution in [1.82, 2.24) is 25.2 Å². The van der Waals surface area contributed by atoms with Crippen molar-refractivity contribution in [1.29, 1.82) is 0 Å². The predicted octanol–water partition coefficient (Wildman–Crippen LogP) is 2.97. The van der Waals surface area contributed by atoms with Crippen molar-refractivity contribution >= 4 is 23.0 Å². The summed E-state index contributed by atoms with van der Waals surface area (Å²) in [5.41, 5.74) is 7.52. The maximum Gasteiger partial charge on any atom is 0.289 e. The van der Waals surface area contributed by atoms with E-state index >= 15 is 0 Å². The summed E-state index contributed by atoms with van der Waals surface area (Å²) >= 11 is 0. The van der Waals surface area contributed by atoms with Crippen LogP contribution in [0.2, 0.25) is 0 Å². The molecule has 26 heavy (non-hydrogen) atoms. The number of H-pyrrole nitrogens is 2. The molecule has 7 nitrogen and oxygen atoms in total. The molecule has 0 spiro atoms. The van der Waals surface area contributed by atoms with Gasteiger partial charge in [0, 0.05) is 35.4 Å². The van der Waals surface area contributed by atoms with Gasteiger partial charge in [0.05, 0.1) is 11.9 Å². The van der Waals surface area contributed by atoms with Crippen molar-refractivity contribution < 1.29 is 4.79 Å². The monoisotopic (exact) mass is 346 g/mol. The maximum atomic E-state index is 12.3. The number of carbonyl (C=O) groups excluding carboxylic acids is 1. The van der Waals surface area contributed by atoms with Crippen LogP contribution in [0.4, 0.5) is 0 Å². The van der Waals surface area contributed by atoms with Crippen molar-refractivity contribution in [2.45, 2.75) is 6.92 Å². The fraction of sp³-hybridized carbons (Fsp3) is 0.105. The molecule has 0 aliphatic carbocycles. The molecule has 3 N–H and O–H groups in total. The summed E-state index contributed by atoms with van der Waals surface area (Å²) in [5.74, 6) is -0.341. The van der Waals surface area contributed by atoms with E-state index in [1.807, 2.05) is 61.1 Å². The minimum absolute atomic E-state index is 0.341. The first-order chi connectivity index (χ1) is 12.6. The Hall–Kier alpha value is -3.61. The molecule has 0 aliphatic rings. The van der Waals surface area contributed by atoms with Crippen LogP contribution in [-0.2, 0) is 7.05 Å². The second-order valence-corrected chi connectivity index (χ2v) is 6.08. The number of nitrogens with zero attached hydrogens (tertiary/aromatic N) is 3. The Morgan fingerprint density at radius 2 is 2.12 bits per heavy atom. The van der Waals surface area contributed by atoms with Crippen LogP contribution >= 0.6 is 0 Å². The number of hydrogen-bond acceptors (Lipinski definition) is 3. The van der Waals surface area contributed by atoms with Gasteiger partial charge in [-0.3, -0.25) is 9.89 Å². The molecule has 0 aliphatic heterocycles. The molecule has 4 rings (SSSR count). The molecule has 0 radical (unpaired) electrons. The fourth-order valence-electron chi connectivity index (χ4n) is 2.98. The zero-order valence-electron chi connectivity index (χ0n) is 14.4. The largest absolute Gasteiger partial charge is 0.358 e. The summed E-state index contributed by atoms with van der Waals surface area (Å²) in [5, 5.41) is 12.1. The molecule has 0 fully saturated rings. The third-order valence-corrected chi connectivity index (χ3v) is 4.33.